The third kappa shape index (κ3) is 4.63. The minimum atomic E-state index is -1.43. The molecule has 1 aliphatic rings. The molecule has 23 heavy (non-hydrogen) atoms. The molecule has 1 saturated heterocycles. The first-order valence-electron chi connectivity index (χ1n) is 8.22. The number of hydrogen-bond acceptors (Lipinski definition) is 7. The summed E-state index contributed by atoms with van der Waals surface area (Å²) in [5.41, 5.74) is 0. The van der Waals surface area contributed by atoms with Crippen LogP contribution in [0, 0.1) is 0 Å². The summed E-state index contributed by atoms with van der Waals surface area (Å²) in [5.74, 6) is 0.584. The fraction of sp³-hybridized carbons (Fsp3) is 0.625. The molecule has 0 aromatic heterocycles. The molecule has 5 N–H and O–H groups in total. The van der Waals surface area contributed by atoms with Crippen molar-refractivity contribution < 1.29 is 31.6 Å². The molecule has 130 valence electrons. The van der Waals surface area contributed by atoms with Crippen molar-refractivity contribution in [3.63, 3.8) is 0 Å². The van der Waals surface area contributed by atoms with E-state index in [9.17, 15) is 20.4 Å². The van der Waals surface area contributed by atoms with E-state index in [4.69, 9.17) is 11.2 Å². The summed E-state index contributed by atoms with van der Waals surface area (Å²) in [6.07, 6.45) is -5.23. The van der Waals surface area contributed by atoms with Crippen molar-refractivity contribution in [2.24, 2.45) is 0 Å². The topological polar surface area (TPSA) is 114 Å². The SMILES string of the molecule is [2H]C(COc1ccccc1)N1C[C@H](O)[C@H](O)[C@H](O)[C@@H]1[C@H](O)CCO. The lowest BCUT2D eigenvalue weighted by Gasteiger charge is -2.45. The second kappa shape index (κ2) is 8.58. The molecule has 1 aliphatic heterocycles. The van der Waals surface area contributed by atoms with Crippen molar-refractivity contribution >= 4 is 0 Å². The standard InChI is InChI=1S/C16H25NO6/c18-8-6-12(19)14-16(22)15(21)13(20)10-17(14)7-9-23-11-4-2-1-3-5-11/h1-5,12-16,18-22H,6-10H2/t12-,13+,14+,15+,16-/m1/s1/i7D/t7?,12-,13+,14+,15+,16-. The predicted molar refractivity (Wildman–Crippen MR) is 83.0 cm³/mol. The maximum atomic E-state index is 10.2. The molecule has 0 saturated carbocycles. The summed E-state index contributed by atoms with van der Waals surface area (Å²) in [6, 6.07) is 7.95. The number of nitrogens with zero attached hydrogens (tertiary/aromatic N) is 1. The van der Waals surface area contributed by atoms with E-state index in [1.165, 1.54) is 4.90 Å². The molecule has 7 nitrogen and oxygen atoms in total. The highest BCUT2D eigenvalue weighted by Gasteiger charge is 2.44. The highest BCUT2D eigenvalue weighted by molar-refractivity contribution is 5.20. The van der Waals surface area contributed by atoms with E-state index in [-0.39, 0.29) is 26.2 Å². The zero-order valence-electron chi connectivity index (χ0n) is 13.8. The molecule has 1 aromatic carbocycles. The van der Waals surface area contributed by atoms with E-state index in [2.05, 4.69) is 0 Å². The van der Waals surface area contributed by atoms with Gasteiger partial charge in [0.1, 0.15) is 24.6 Å². The van der Waals surface area contributed by atoms with Gasteiger partial charge in [-0.05, 0) is 18.6 Å². The second-order valence-corrected chi connectivity index (χ2v) is 5.62. The number of para-hydroxylation sites is 1. The van der Waals surface area contributed by atoms with Gasteiger partial charge in [0.15, 0.2) is 0 Å². The molecule has 1 unspecified atom stereocenters. The summed E-state index contributed by atoms with van der Waals surface area (Å²) in [6.45, 7) is -1.39. The van der Waals surface area contributed by atoms with Gasteiger partial charge in [-0.2, -0.15) is 0 Å². The Labute approximate surface area is 136 Å². The molecule has 1 heterocycles. The number of β-amino-alcohol motifs (C(OH)–C–C–N with tert-alkyl or cyclic N) is 1. The smallest absolute Gasteiger partial charge is 0.119 e. The van der Waals surface area contributed by atoms with E-state index in [0.29, 0.717) is 5.75 Å². The number of benzene rings is 1. The molecule has 2 rings (SSSR count). The summed E-state index contributed by atoms with van der Waals surface area (Å²) >= 11 is 0. The van der Waals surface area contributed by atoms with Crippen LogP contribution in [-0.2, 0) is 0 Å². The summed E-state index contributed by atoms with van der Waals surface area (Å²) in [7, 11) is 0. The van der Waals surface area contributed by atoms with Crippen LogP contribution in [0.2, 0.25) is 0 Å². The maximum absolute atomic E-state index is 10.2. The van der Waals surface area contributed by atoms with Crippen molar-refractivity contribution in [2.75, 3.05) is 26.3 Å². The lowest BCUT2D eigenvalue weighted by atomic mass is 9.89. The average Bonchev–Trinajstić information content (AvgIpc) is 2.58. The van der Waals surface area contributed by atoms with Crippen LogP contribution in [0.3, 0.4) is 0 Å². The first kappa shape index (κ1) is 16.6. The van der Waals surface area contributed by atoms with Crippen LogP contribution in [0.4, 0.5) is 0 Å². The first-order chi connectivity index (χ1) is 11.5. The van der Waals surface area contributed by atoms with Gasteiger partial charge in [0.05, 0.1) is 18.2 Å². The minimum absolute atomic E-state index is 0.00664. The Morgan fingerprint density at radius 2 is 1.91 bits per heavy atom. The van der Waals surface area contributed by atoms with Crippen molar-refractivity contribution in [3.8, 4) is 5.75 Å². The Kier molecular flexibility index (Phi) is 6.21. The van der Waals surface area contributed by atoms with Gasteiger partial charge in [-0.3, -0.25) is 4.90 Å². The van der Waals surface area contributed by atoms with Crippen molar-refractivity contribution in [2.45, 2.75) is 36.9 Å². The number of aliphatic hydroxyl groups is 5. The zero-order chi connectivity index (χ0) is 17.7. The monoisotopic (exact) mass is 328 g/mol. The number of hydrogen-bond donors (Lipinski definition) is 5. The summed E-state index contributed by atoms with van der Waals surface area (Å²) in [4.78, 5) is 1.39. The predicted octanol–water partition coefficient (Wildman–Crippen LogP) is -1.42. The lowest BCUT2D eigenvalue weighted by molar-refractivity contribution is -0.162. The molecular weight excluding hydrogens is 302 g/mol. The number of ether oxygens (including phenoxy) is 1. The highest BCUT2D eigenvalue weighted by atomic mass is 16.5. The van der Waals surface area contributed by atoms with E-state index in [1.807, 2.05) is 6.07 Å². The molecule has 1 fully saturated rings. The Morgan fingerprint density at radius 1 is 1.22 bits per heavy atom. The quantitative estimate of drug-likeness (QED) is 0.417. The van der Waals surface area contributed by atoms with Crippen molar-refractivity contribution in [3.05, 3.63) is 30.3 Å². The summed E-state index contributed by atoms with van der Waals surface area (Å²) in [5, 5.41) is 49.1. The van der Waals surface area contributed by atoms with Gasteiger partial charge in [-0.25, -0.2) is 0 Å². The second-order valence-electron chi connectivity index (χ2n) is 5.62. The van der Waals surface area contributed by atoms with Crippen LogP contribution in [0.15, 0.2) is 30.3 Å². The van der Waals surface area contributed by atoms with Gasteiger partial charge in [0.2, 0.25) is 0 Å². The molecule has 1 aromatic rings. The van der Waals surface area contributed by atoms with Gasteiger partial charge in [-0.1, -0.05) is 18.2 Å². The van der Waals surface area contributed by atoms with Crippen LogP contribution in [-0.4, -0.2) is 87.2 Å². The van der Waals surface area contributed by atoms with E-state index in [1.54, 1.807) is 24.3 Å². The third-order valence-corrected chi connectivity index (χ3v) is 4.00. The largest absolute Gasteiger partial charge is 0.492 e. The normalized spacial score (nSPS) is 32.1. The molecule has 7 heteroatoms. The van der Waals surface area contributed by atoms with Gasteiger partial charge in [-0.15, -0.1) is 0 Å². The van der Waals surface area contributed by atoms with Gasteiger partial charge < -0.3 is 30.3 Å². The van der Waals surface area contributed by atoms with Gasteiger partial charge >= 0.3 is 0 Å². The van der Waals surface area contributed by atoms with E-state index < -0.39 is 37.0 Å². The Balaban J connectivity index is 2.07. The van der Waals surface area contributed by atoms with Gasteiger partial charge in [0.25, 0.3) is 0 Å². The Bertz CT molecular complexity index is 493. The molecular formula is C16H25NO6. The van der Waals surface area contributed by atoms with Gasteiger partial charge in [0, 0.05) is 21.0 Å². The number of aliphatic hydroxyl groups excluding tert-OH is 5. The molecule has 0 amide bonds. The molecule has 0 radical (unpaired) electrons. The first-order valence-corrected chi connectivity index (χ1v) is 7.64. The third-order valence-electron chi connectivity index (χ3n) is 4.00. The maximum Gasteiger partial charge on any atom is 0.119 e. The fourth-order valence-electron chi connectivity index (χ4n) is 2.77. The Hall–Kier alpha value is -1.22. The highest BCUT2D eigenvalue weighted by Crippen LogP contribution is 2.23. The van der Waals surface area contributed by atoms with Crippen LogP contribution in [0.25, 0.3) is 0 Å². The number of piperidine rings is 1. The zero-order valence-corrected chi connectivity index (χ0v) is 12.8. The Morgan fingerprint density at radius 3 is 2.57 bits per heavy atom. The average molecular weight is 328 g/mol. The number of rotatable bonds is 7. The van der Waals surface area contributed by atoms with Crippen molar-refractivity contribution in [1.82, 2.24) is 4.90 Å². The van der Waals surface area contributed by atoms with E-state index >= 15 is 0 Å². The molecule has 0 bridgehead atoms. The number of likely N-dealkylation sites (tertiary alicyclic amines) is 1. The lowest BCUT2D eigenvalue weighted by Crippen LogP contribution is -2.65. The molecule has 0 spiro atoms. The summed E-state index contributed by atoms with van der Waals surface area (Å²) < 4.78 is 13.8. The molecule has 0 aliphatic carbocycles. The van der Waals surface area contributed by atoms with Crippen LogP contribution >= 0.6 is 0 Å². The van der Waals surface area contributed by atoms with Crippen LogP contribution < -0.4 is 4.74 Å². The van der Waals surface area contributed by atoms with Crippen LogP contribution in [0.1, 0.15) is 7.79 Å². The minimum Gasteiger partial charge on any atom is -0.492 e. The van der Waals surface area contributed by atoms with Crippen LogP contribution in [0.5, 0.6) is 5.75 Å². The van der Waals surface area contributed by atoms with Crippen molar-refractivity contribution in [1.29, 1.82) is 0 Å². The van der Waals surface area contributed by atoms with E-state index in [0.717, 1.165) is 0 Å². The fourth-order valence-corrected chi connectivity index (χ4v) is 2.77. The molecule has 6 atom stereocenters.